The maximum atomic E-state index is 5.97. The highest BCUT2D eigenvalue weighted by molar-refractivity contribution is 5.29. The molecular weight excluding hydrogens is 202 g/mol. The number of aromatic nitrogens is 4. The van der Waals surface area contributed by atoms with E-state index in [1.54, 1.807) is 0 Å². The van der Waals surface area contributed by atoms with Gasteiger partial charge >= 0.3 is 0 Å². The SMILES string of the molecule is CCCC1(CCC)CC1(CN)c1nn[nH]n1. The number of aromatic amines is 1. The topological polar surface area (TPSA) is 80.5 Å². The first-order valence-electron chi connectivity index (χ1n) is 6.18. The van der Waals surface area contributed by atoms with Crippen molar-refractivity contribution in [1.82, 2.24) is 20.6 Å². The summed E-state index contributed by atoms with van der Waals surface area (Å²) < 4.78 is 0. The molecule has 0 radical (unpaired) electrons. The quantitative estimate of drug-likeness (QED) is 0.763. The van der Waals surface area contributed by atoms with Crippen molar-refractivity contribution < 1.29 is 0 Å². The molecule has 1 unspecified atom stereocenters. The Kier molecular flexibility index (Phi) is 2.97. The van der Waals surface area contributed by atoms with Gasteiger partial charge in [-0.15, -0.1) is 10.2 Å². The number of tetrazole rings is 1. The van der Waals surface area contributed by atoms with Crippen LogP contribution >= 0.6 is 0 Å². The van der Waals surface area contributed by atoms with E-state index in [0.717, 1.165) is 12.2 Å². The van der Waals surface area contributed by atoms with Crippen molar-refractivity contribution in [3.8, 4) is 0 Å². The normalized spacial score (nSPS) is 26.9. The van der Waals surface area contributed by atoms with E-state index in [1.807, 2.05) is 0 Å². The van der Waals surface area contributed by atoms with E-state index in [4.69, 9.17) is 5.73 Å². The predicted octanol–water partition coefficient (Wildman–Crippen LogP) is 1.39. The fourth-order valence-corrected chi connectivity index (χ4v) is 3.33. The number of rotatable bonds is 6. The second kappa shape index (κ2) is 4.13. The summed E-state index contributed by atoms with van der Waals surface area (Å²) >= 11 is 0. The molecule has 1 aromatic rings. The lowest BCUT2D eigenvalue weighted by atomic mass is 9.84. The van der Waals surface area contributed by atoms with Crippen LogP contribution in [0.15, 0.2) is 0 Å². The molecule has 1 saturated carbocycles. The first-order valence-corrected chi connectivity index (χ1v) is 6.18. The fourth-order valence-electron chi connectivity index (χ4n) is 3.33. The summed E-state index contributed by atoms with van der Waals surface area (Å²) in [5, 5.41) is 14.5. The Labute approximate surface area is 96.2 Å². The third-order valence-electron chi connectivity index (χ3n) is 4.11. The average Bonchev–Trinajstić information content (AvgIpc) is 2.66. The van der Waals surface area contributed by atoms with Gasteiger partial charge in [-0.2, -0.15) is 5.21 Å². The molecule has 0 aromatic carbocycles. The summed E-state index contributed by atoms with van der Waals surface area (Å²) in [6.07, 6.45) is 5.94. The van der Waals surface area contributed by atoms with E-state index < -0.39 is 0 Å². The summed E-state index contributed by atoms with van der Waals surface area (Å²) in [7, 11) is 0. The molecule has 0 aliphatic heterocycles. The number of hydrogen-bond donors (Lipinski definition) is 2. The molecule has 0 spiro atoms. The van der Waals surface area contributed by atoms with E-state index in [-0.39, 0.29) is 5.41 Å². The molecule has 1 heterocycles. The number of nitrogens with zero attached hydrogens (tertiary/aromatic N) is 3. The van der Waals surface area contributed by atoms with Crippen molar-refractivity contribution in [2.24, 2.45) is 11.1 Å². The van der Waals surface area contributed by atoms with E-state index in [2.05, 4.69) is 34.5 Å². The van der Waals surface area contributed by atoms with Crippen LogP contribution in [-0.2, 0) is 5.41 Å². The number of H-pyrrole nitrogens is 1. The zero-order chi connectivity index (χ0) is 11.6. The van der Waals surface area contributed by atoms with Gasteiger partial charge in [0.25, 0.3) is 0 Å². The van der Waals surface area contributed by atoms with Gasteiger partial charge in [0.05, 0.1) is 5.41 Å². The highest BCUT2D eigenvalue weighted by Crippen LogP contribution is 2.68. The Hall–Kier alpha value is -0.970. The summed E-state index contributed by atoms with van der Waals surface area (Å²) in [4.78, 5) is 0. The second-order valence-electron chi connectivity index (χ2n) is 4.98. The molecule has 5 nitrogen and oxygen atoms in total. The third kappa shape index (κ3) is 1.45. The van der Waals surface area contributed by atoms with Crippen LogP contribution in [0.5, 0.6) is 0 Å². The molecule has 3 N–H and O–H groups in total. The van der Waals surface area contributed by atoms with Crippen LogP contribution in [0.3, 0.4) is 0 Å². The Bertz CT molecular complexity index is 328. The van der Waals surface area contributed by atoms with Gasteiger partial charge in [0.1, 0.15) is 0 Å². The number of hydrogen-bond acceptors (Lipinski definition) is 4. The standard InChI is InChI=1S/C11H21N5/c1-3-5-10(6-4-2)7-11(10,8-12)9-13-15-16-14-9/h3-8,12H2,1-2H3,(H,13,14,15,16). The smallest absolute Gasteiger partial charge is 0.182 e. The Morgan fingerprint density at radius 2 is 2.00 bits per heavy atom. The summed E-state index contributed by atoms with van der Waals surface area (Å²) in [6, 6.07) is 0. The lowest BCUT2D eigenvalue weighted by molar-refractivity contribution is 0.344. The van der Waals surface area contributed by atoms with E-state index in [9.17, 15) is 0 Å². The van der Waals surface area contributed by atoms with E-state index in [0.29, 0.717) is 12.0 Å². The minimum absolute atomic E-state index is 0.00792. The van der Waals surface area contributed by atoms with Crippen LogP contribution in [0.4, 0.5) is 0 Å². The second-order valence-corrected chi connectivity index (χ2v) is 4.98. The van der Waals surface area contributed by atoms with Gasteiger partial charge in [0.2, 0.25) is 0 Å². The highest BCUT2D eigenvalue weighted by Gasteiger charge is 2.67. The van der Waals surface area contributed by atoms with Crippen LogP contribution in [0.1, 0.15) is 51.8 Å². The lowest BCUT2D eigenvalue weighted by Gasteiger charge is -2.21. The molecule has 1 atom stereocenters. The third-order valence-corrected chi connectivity index (χ3v) is 4.11. The molecule has 1 aromatic heterocycles. The maximum absolute atomic E-state index is 5.97. The molecule has 0 bridgehead atoms. The Morgan fingerprint density at radius 1 is 1.31 bits per heavy atom. The zero-order valence-corrected chi connectivity index (χ0v) is 10.2. The molecule has 1 aliphatic carbocycles. The van der Waals surface area contributed by atoms with Crippen molar-refractivity contribution in [3.63, 3.8) is 0 Å². The monoisotopic (exact) mass is 223 g/mol. The van der Waals surface area contributed by atoms with E-state index in [1.165, 1.54) is 25.7 Å². The molecule has 0 saturated heterocycles. The highest BCUT2D eigenvalue weighted by atomic mass is 15.5. The van der Waals surface area contributed by atoms with Crippen LogP contribution in [-0.4, -0.2) is 27.2 Å². The Balaban J connectivity index is 2.25. The molecule has 5 heteroatoms. The minimum atomic E-state index is -0.00792. The van der Waals surface area contributed by atoms with Crippen LogP contribution in [0.2, 0.25) is 0 Å². The largest absolute Gasteiger partial charge is 0.329 e. The Morgan fingerprint density at radius 3 is 2.44 bits per heavy atom. The average molecular weight is 223 g/mol. The summed E-state index contributed by atoms with van der Waals surface area (Å²) in [5.41, 5.74) is 6.30. The molecule has 1 aliphatic rings. The number of nitrogens with two attached hydrogens (primary N) is 1. The summed E-state index contributed by atoms with van der Waals surface area (Å²) in [6.45, 7) is 5.09. The molecule has 90 valence electrons. The molecule has 1 fully saturated rings. The van der Waals surface area contributed by atoms with Gasteiger partial charge in [0, 0.05) is 6.54 Å². The van der Waals surface area contributed by atoms with Crippen molar-refractivity contribution >= 4 is 0 Å². The minimum Gasteiger partial charge on any atom is -0.329 e. The molecule has 2 rings (SSSR count). The van der Waals surface area contributed by atoms with Gasteiger partial charge < -0.3 is 5.73 Å². The van der Waals surface area contributed by atoms with Gasteiger partial charge in [-0.05, 0) is 24.7 Å². The van der Waals surface area contributed by atoms with Crippen LogP contribution < -0.4 is 5.73 Å². The van der Waals surface area contributed by atoms with Crippen LogP contribution in [0, 0.1) is 5.41 Å². The van der Waals surface area contributed by atoms with Crippen molar-refractivity contribution in [2.45, 2.75) is 51.4 Å². The molecular formula is C11H21N5. The van der Waals surface area contributed by atoms with Gasteiger partial charge in [-0.3, -0.25) is 0 Å². The summed E-state index contributed by atoms with van der Waals surface area (Å²) in [5.74, 6) is 0.817. The molecule has 16 heavy (non-hydrogen) atoms. The van der Waals surface area contributed by atoms with Gasteiger partial charge in [-0.1, -0.05) is 31.9 Å². The van der Waals surface area contributed by atoms with Gasteiger partial charge in [0.15, 0.2) is 5.82 Å². The van der Waals surface area contributed by atoms with Crippen molar-refractivity contribution in [2.75, 3.05) is 6.54 Å². The maximum Gasteiger partial charge on any atom is 0.182 e. The van der Waals surface area contributed by atoms with Crippen molar-refractivity contribution in [3.05, 3.63) is 5.82 Å². The van der Waals surface area contributed by atoms with Crippen LogP contribution in [0.25, 0.3) is 0 Å². The lowest BCUT2D eigenvalue weighted by Crippen LogP contribution is -2.29. The first kappa shape index (κ1) is 11.5. The fraction of sp³-hybridized carbons (Fsp3) is 0.909. The van der Waals surface area contributed by atoms with Gasteiger partial charge in [-0.25, -0.2) is 0 Å². The number of nitrogens with one attached hydrogen (secondary N) is 1. The van der Waals surface area contributed by atoms with E-state index >= 15 is 0 Å². The van der Waals surface area contributed by atoms with Crippen molar-refractivity contribution in [1.29, 1.82) is 0 Å². The zero-order valence-electron chi connectivity index (χ0n) is 10.2. The molecule has 0 amide bonds. The first-order chi connectivity index (χ1) is 7.74. The predicted molar refractivity (Wildman–Crippen MR) is 61.8 cm³/mol.